The smallest absolute Gasteiger partial charge is 0.306 e. The Morgan fingerprint density at radius 1 is 0.333 bits per heavy atom. The molecule has 0 aliphatic heterocycles. The van der Waals surface area contributed by atoms with Gasteiger partial charge in [0.15, 0.2) is 6.10 Å². The van der Waals surface area contributed by atoms with Gasteiger partial charge in [-0.05, 0) is 25.2 Å². The van der Waals surface area contributed by atoms with Crippen LogP contribution < -0.4 is 0 Å². The Balaban J connectivity index is 4.18. The lowest BCUT2D eigenvalue weighted by molar-refractivity contribution is -0.167. The van der Waals surface area contributed by atoms with Crippen LogP contribution in [0.4, 0.5) is 0 Å². The van der Waals surface area contributed by atoms with Gasteiger partial charge in [0, 0.05) is 19.3 Å². The minimum absolute atomic E-state index is 0.0629. The van der Waals surface area contributed by atoms with Crippen LogP contribution in [-0.2, 0) is 28.6 Å². The van der Waals surface area contributed by atoms with Crippen LogP contribution >= 0.6 is 0 Å². The second kappa shape index (κ2) is 48.4. The summed E-state index contributed by atoms with van der Waals surface area (Å²) in [5, 5.41) is 0. The zero-order chi connectivity index (χ0) is 43.8. The SMILES string of the molecule is CCCCCCCCCCCCCCCCCCCC(=O)OC[C@H](COC(=O)CCCCCCCCC)OC(=O)CCCCCCCCCCCCCCCCC(C)CC. The van der Waals surface area contributed by atoms with Crippen molar-refractivity contribution in [3.05, 3.63) is 0 Å². The first-order chi connectivity index (χ1) is 29.4. The molecule has 0 saturated heterocycles. The quantitative estimate of drug-likeness (QED) is 0.0345. The standard InChI is InChI=1S/C54H104O6/c1-5-8-10-12-14-15-16-17-18-19-20-24-27-30-34-38-42-46-53(56)59-49-51(48-58-52(55)45-41-37-32-13-11-9-6-2)60-54(57)47-43-39-35-31-28-25-22-21-23-26-29-33-36-40-44-50(4)7-3/h50-51H,5-49H2,1-4H3/t50?,51-/m0/s1. The van der Waals surface area contributed by atoms with E-state index in [4.69, 9.17) is 14.2 Å². The lowest BCUT2D eigenvalue weighted by Gasteiger charge is -2.18. The van der Waals surface area contributed by atoms with E-state index in [2.05, 4.69) is 27.7 Å². The van der Waals surface area contributed by atoms with Crippen molar-refractivity contribution in [1.29, 1.82) is 0 Å². The van der Waals surface area contributed by atoms with E-state index in [1.54, 1.807) is 0 Å². The zero-order valence-corrected chi connectivity index (χ0v) is 40.9. The third kappa shape index (κ3) is 45.9. The highest BCUT2D eigenvalue weighted by atomic mass is 16.6. The van der Waals surface area contributed by atoms with Gasteiger partial charge in [0.05, 0.1) is 0 Å². The van der Waals surface area contributed by atoms with E-state index >= 15 is 0 Å². The van der Waals surface area contributed by atoms with Gasteiger partial charge in [-0.2, -0.15) is 0 Å². The number of hydrogen-bond acceptors (Lipinski definition) is 6. The molecule has 2 atom stereocenters. The van der Waals surface area contributed by atoms with E-state index in [0.29, 0.717) is 19.3 Å². The van der Waals surface area contributed by atoms with Gasteiger partial charge in [-0.3, -0.25) is 14.4 Å². The topological polar surface area (TPSA) is 78.9 Å². The minimum atomic E-state index is -0.760. The maximum absolute atomic E-state index is 12.8. The molecular formula is C54H104O6. The van der Waals surface area contributed by atoms with E-state index in [0.717, 1.165) is 63.7 Å². The Morgan fingerprint density at radius 3 is 0.867 bits per heavy atom. The first kappa shape index (κ1) is 58.4. The molecule has 0 fully saturated rings. The summed E-state index contributed by atoms with van der Waals surface area (Å²) < 4.78 is 16.8. The lowest BCUT2D eigenvalue weighted by Crippen LogP contribution is -2.30. The molecule has 356 valence electrons. The Kier molecular flexibility index (Phi) is 47.2. The lowest BCUT2D eigenvalue weighted by atomic mass is 9.99. The molecule has 1 unspecified atom stereocenters. The summed E-state index contributed by atoms with van der Waals surface area (Å²) in [6.45, 7) is 9.04. The molecule has 60 heavy (non-hydrogen) atoms. The summed E-state index contributed by atoms with van der Waals surface area (Å²) in [5.41, 5.74) is 0. The summed E-state index contributed by atoms with van der Waals surface area (Å²) in [4.78, 5) is 37.8. The molecule has 0 radical (unpaired) electrons. The molecule has 0 bridgehead atoms. The van der Waals surface area contributed by atoms with Gasteiger partial charge in [-0.25, -0.2) is 0 Å². The monoisotopic (exact) mass is 849 g/mol. The molecule has 0 N–H and O–H groups in total. The van der Waals surface area contributed by atoms with E-state index in [-0.39, 0.29) is 31.1 Å². The highest BCUT2D eigenvalue weighted by Gasteiger charge is 2.19. The number of carbonyl (C=O) groups is 3. The van der Waals surface area contributed by atoms with E-state index in [1.807, 2.05) is 0 Å². The predicted molar refractivity (Wildman–Crippen MR) is 257 cm³/mol. The van der Waals surface area contributed by atoms with Crippen LogP contribution in [0.5, 0.6) is 0 Å². The molecule has 0 saturated carbocycles. The van der Waals surface area contributed by atoms with Crippen molar-refractivity contribution >= 4 is 17.9 Å². The Hall–Kier alpha value is -1.59. The van der Waals surface area contributed by atoms with Crippen LogP contribution in [0, 0.1) is 5.92 Å². The summed E-state index contributed by atoms with van der Waals surface area (Å²) in [6.07, 6.45) is 51.0. The number of ether oxygens (including phenoxy) is 3. The highest BCUT2D eigenvalue weighted by Crippen LogP contribution is 2.18. The molecule has 6 heteroatoms. The Bertz CT molecular complexity index is 905. The molecule has 0 rings (SSSR count). The average Bonchev–Trinajstić information content (AvgIpc) is 3.25. The highest BCUT2D eigenvalue weighted by molar-refractivity contribution is 5.71. The molecule has 6 nitrogen and oxygen atoms in total. The maximum Gasteiger partial charge on any atom is 0.306 e. The fourth-order valence-corrected chi connectivity index (χ4v) is 8.19. The fraction of sp³-hybridized carbons (Fsp3) is 0.944. The molecular weight excluding hydrogens is 745 g/mol. The third-order valence-electron chi connectivity index (χ3n) is 12.7. The summed E-state index contributed by atoms with van der Waals surface area (Å²) in [7, 11) is 0. The number of rotatable bonds is 49. The van der Waals surface area contributed by atoms with Crippen LogP contribution in [0.25, 0.3) is 0 Å². The van der Waals surface area contributed by atoms with Gasteiger partial charge in [0.2, 0.25) is 0 Å². The molecule has 0 aliphatic rings. The number of carbonyl (C=O) groups excluding carboxylic acids is 3. The predicted octanol–water partition coefficient (Wildman–Crippen LogP) is 17.5. The van der Waals surface area contributed by atoms with Gasteiger partial charge < -0.3 is 14.2 Å². The van der Waals surface area contributed by atoms with Crippen LogP contribution in [0.3, 0.4) is 0 Å². The van der Waals surface area contributed by atoms with Gasteiger partial charge in [-0.15, -0.1) is 0 Å². The molecule has 0 aromatic carbocycles. The second-order valence-electron chi connectivity index (χ2n) is 18.8. The van der Waals surface area contributed by atoms with Crippen molar-refractivity contribution in [3.63, 3.8) is 0 Å². The average molecular weight is 849 g/mol. The van der Waals surface area contributed by atoms with Crippen LogP contribution in [0.1, 0.15) is 304 Å². The molecule has 0 aliphatic carbocycles. The van der Waals surface area contributed by atoms with Crippen molar-refractivity contribution in [2.75, 3.05) is 13.2 Å². The zero-order valence-electron chi connectivity index (χ0n) is 40.9. The summed E-state index contributed by atoms with van der Waals surface area (Å²) in [5.74, 6) is 0.0460. The van der Waals surface area contributed by atoms with Crippen molar-refractivity contribution in [1.82, 2.24) is 0 Å². The van der Waals surface area contributed by atoms with Crippen molar-refractivity contribution < 1.29 is 28.6 Å². The first-order valence-electron chi connectivity index (χ1n) is 26.9. The Morgan fingerprint density at radius 2 is 0.583 bits per heavy atom. The van der Waals surface area contributed by atoms with E-state index in [9.17, 15) is 14.4 Å². The van der Waals surface area contributed by atoms with Gasteiger partial charge in [-0.1, -0.05) is 265 Å². The Labute approximate surface area is 374 Å². The number of unbranched alkanes of at least 4 members (excludes halogenated alkanes) is 35. The molecule has 0 spiro atoms. The van der Waals surface area contributed by atoms with Gasteiger partial charge >= 0.3 is 17.9 Å². The second-order valence-corrected chi connectivity index (χ2v) is 18.8. The summed E-state index contributed by atoms with van der Waals surface area (Å²) in [6, 6.07) is 0. The molecule has 0 aromatic heterocycles. The molecule has 0 amide bonds. The molecule has 0 heterocycles. The normalized spacial score (nSPS) is 12.4. The van der Waals surface area contributed by atoms with E-state index < -0.39 is 6.10 Å². The van der Waals surface area contributed by atoms with Crippen molar-refractivity contribution in [2.45, 2.75) is 310 Å². The van der Waals surface area contributed by atoms with Crippen LogP contribution in [0.2, 0.25) is 0 Å². The fourth-order valence-electron chi connectivity index (χ4n) is 8.19. The largest absolute Gasteiger partial charge is 0.462 e. The maximum atomic E-state index is 12.8. The van der Waals surface area contributed by atoms with Gasteiger partial charge in [0.1, 0.15) is 13.2 Å². The van der Waals surface area contributed by atoms with Crippen LogP contribution in [-0.4, -0.2) is 37.2 Å². The number of esters is 3. The first-order valence-corrected chi connectivity index (χ1v) is 26.9. The minimum Gasteiger partial charge on any atom is -0.462 e. The third-order valence-corrected chi connectivity index (χ3v) is 12.7. The van der Waals surface area contributed by atoms with Gasteiger partial charge in [0.25, 0.3) is 0 Å². The van der Waals surface area contributed by atoms with Crippen LogP contribution in [0.15, 0.2) is 0 Å². The number of hydrogen-bond donors (Lipinski definition) is 0. The van der Waals surface area contributed by atoms with Crippen molar-refractivity contribution in [2.24, 2.45) is 5.92 Å². The molecule has 0 aromatic rings. The van der Waals surface area contributed by atoms with Crippen molar-refractivity contribution in [3.8, 4) is 0 Å². The van der Waals surface area contributed by atoms with E-state index in [1.165, 1.54) is 199 Å². The summed E-state index contributed by atoms with van der Waals surface area (Å²) >= 11 is 0.